The largest absolute Gasteiger partial charge is 0.444 e. The molecule has 0 radical (unpaired) electrons. The van der Waals surface area contributed by atoms with Crippen LogP contribution in [0.4, 0.5) is 4.79 Å². The quantitative estimate of drug-likeness (QED) is 0.857. The van der Waals surface area contributed by atoms with E-state index in [1.54, 1.807) is 0 Å². The number of carbonyl (C=O) groups excluding carboxylic acids is 1. The molecular formula is C15H30N2O2. The molecular weight excluding hydrogens is 240 g/mol. The number of amides is 1. The number of nitrogens with two attached hydrogens (primary N) is 1. The van der Waals surface area contributed by atoms with Crippen molar-refractivity contribution in [3.63, 3.8) is 0 Å². The predicted octanol–water partition coefficient (Wildman–Crippen LogP) is 3.15. The summed E-state index contributed by atoms with van der Waals surface area (Å²) in [5.74, 6) is 0.553. The van der Waals surface area contributed by atoms with Crippen LogP contribution >= 0.6 is 0 Å². The summed E-state index contributed by atoms with van der Waals surface area (Å²) < 4.78 is 5.49. The van der Waals surface area contributed by atoms with E-state index in [1.165, 1.54) is 0 Å². The van der Waals surface area contributed by atoms with E-state index in [0.717, 1.165) is 32.2 Å². The maximum atomic E-state index is 12.3. The highest BCUT2D eigenvalue weighted by Gasteiger charge is 2.33. The van der Waals surface area contributed by atoms with Crippen molar-refractivity contribution in [2.45, 2.75) is 78.0 Å². The van der Waals surface area contributed by atoms with E-state index in [0.29, 0.717) is 5.92 Å². The molecule has 0 saturated carbocycles. The molecule has 0 bridgehead atoms. The molecule has 1 aliphatic rings. The summed E-state index contributed by atoms with van der Waals surface area (Å²) >= 11 is 0. The van der Waals surface area contributed by atoms with Gasteiger partial charge in [-0.25, -0.2) is 4.79 Å². The Balaban J connectivity index is 2.69. The molecule has 1 rings (SSSR count). The molecule has 0 spiro atoms. The SMILES string of the molecule is CC(C)CC(N)C1CCCCN1C(=O)OC(C)(C)C. The highest BCUT2D eigenvalue weighted by molar-refractivity contribution is 5.68. The van der Waals surface area contributed by atoms with Gasteiger partial charge in [-0.1, -0.05) is 13.8 Å². The average Bonchev–Trinajstić information content (AvgIpc) is 2.25. The second-order valence-electron chi connectivity index (χ2n) is 7.03. The monoisotopic (exact) mass is 270 g/mol. The van der Waals surface area contributed by atoms with E-state index in [1.807, 2.05) is 25.7 Å². The van der Waals surface area contributed by atoms with Crippen LogP contribution in [0.3, 0.4) is 0 Å². The molecule has 0 aromatic rings. The van der Waals surface area contributed by atoms with Crippen LogP contribution in [0, 0.1) is 5.92 Å². The topological polar surface area (TPSA) is 55.6 Å². The Morgan fingerprint density at radius 1 is 1.37 bits per heavy atom. The molecule has 0 aromatic carbocycles. The summed E-state index contributed by atoms with van der Waals surface area (Å²) in [6.45, 7) is 10.8. The maximum absolute atomic E-state index is 12.3. The Labute approximate surface area is 117 Å². The third kappa shape index (κ3) is 5.39. The number of ether oxygens (including phenoxy) is 1. The fourth-order valence-corrected chi connectivity index (χ4v) is 2.65. The van der Waals surface area contributed by atoms with Crippen molar-refractivity contribution in [1.29, 1.82) is 0 Å². The van der Waals surface area contributed by atoms with Crippen LogP contribution in [0.2, 0.25) is 0 Å². The van der Waals surface area contributed by atoms with Crippen LogP contribution in [0.25, 0.3) is 0 Å². The number of piperidine rings is 1. The molecule has 112 valence electrons. The van der Waals surface area contributed by atoms with Gasteiger partial charge in [0.1, 0.15) is 5.60 Å². The van der Waals surface area contributed by atoms with Crippen molar-refractivity contribution in [3.05, 3.63) is 0 Å². The van der Waals surface area contributed by atoms with E-state index in [4.69, 9.17) is 10.5 Å². The van der Waals surface area contributed by atoms with E-state index in [9.17, 15) is 4.79 Å². The molecule has 2 atom stereocenters. The molecule has 0 aliphatic carbocycles. The first-order chi connectivity index (χ1) is 8.70. The van der Waals surface area contributed by atoms with Gasteiger partial charge in [0.2, 0.25) is 0 Å². The number of rotatable bonds is 3. The second kappa shape index (κ2) is 6.60. The van der Waals surface area contributed by atoms with Gasteiger partial charge in [0, 0.05) is 12.6 Å². The lowest BCUT2D eigenvalue weighted by Gasteiger charge is -2.40. The number of carbonyl (C=O) groups is 1. The molecule has 4 heteroatoms. The Kier molecular flexibility index (Phi) is 5.65. The van der Waals surface area contributed by atoms with Crippen LogP contribution in [0.1, 0.15) is 60.3 Å². The van der Waals surface area contributed by atoms with Gasteiger partial charge in [-0.15, -0.1) is 0 Å². The first-order valence-corrected chi connectivity index (χ1v) is 7.46. The van der Waals surface area contributed by atoms with Gasteiger partial charge in [0.25, 0.3) is 0 Å². The van der Waals surface area contributed by atoms with Gasteiger partial charge in [0.15, 0.2) is 0 Å². The maximum Gasteiger partial charge on any atom is 0.410 e. The fourth-order valence-electron chi connectivity index (χ4n) is 2.65. The summed E-state index contributed by atoms with van der Waals surface area (Å²) in [4.78, 5) is 14.1. The lowest BCUT2D eigenvalue weighted by atomic mass is 9.91. The zero-order valence-corrected chi connectivity index (χ0v) is 13.1. The highest BCUT2D eigenvalue weighted by Crippen LogP contribution is 2.24. The van der Waals surface area contributed by atoms with Crippen LogP contribution in [-0.4, -0.2) is 35.2 Å². The van der Waals surface area contributed by atoms with Crippen molar-refractivity contribution < 1.29 is 9.53 Å². The zero-order chi connectivity index (χ0) is 14.6. The summed E-state index contributed by atoms with van der Waals surface area (Å²) in [5.41, 5.74) is 5.85. The van der Waals surface area contributed by atoms with Gasteiger partial charge in [0.05, 0.1) is 6.04 Å². The van der Waals surface area contributed by atoms with E-state index in [2.05, 4.69) is 13.8 Å². The van der Waals surface area contributed by atoms with Gasteiger partial charge >= 0.3 is 6.09 Å². The van der Waals surface area contributed by atoms with Crippen molar-refractivity contribution in [2.24, 2.45) is 11.7 Å². The van der Waals surface area contributed by atoms with Crippen LogP contribution in [-0.2, 0) is 4.74 Å². The number of nitrogens with zero attached hydrogens (tertiary/aromatic N) is 1. The summed E-state index contributed by atoms with van der Waals surface area (Å²) in [6.07, 6.45) is 3.92. The van der Waals surface area contributed by atoms with Gasteiger partial charge < -0.3 is 15.4 Å². The lowest BCUT2D eigenvalue weighted by molar-refractivity contribution is 0.00568. The number of hydrogen-bond donors (Lipinski definition) is 1. The summed E-state index contributed by atoms with van der Waals surface area (Å²) in [6, 6.07) is 0.179. The van der Waals surface area contributed by atoms with Gasteiger partial charge in [-0.3, -0.25) is 0 Å². The molecule has 1 amide bonds. The van der Waals surface area contributed by atoms with Crippen molar-refractivity contribution in [3.8, 4) is 0 Å². The van der Waals surface area contributed by atoms with Crippen molar-refractivity contribution in [1.82, 2.24) is 4.90 Å². The summed E-state index contributed by atoms with van der Waals surface area (Å²) in [5, 5.41) is 0. The minimum absolute atomic E-state index is 0.0489. The molecule has 2 unspecified atom stereocenters. The van der Waals surface area contributed by atoms with Crippen LogP contribution < -0.4 is 5.73 Å². The van der Waals surface area contributed by atoms with E-state index in [-0.39, 0.29) is 18.2 Å². The first kappa shape index (κ1) is 16.3. The predicted molar refractivity (Wildman–Crippen MR) is 78.0 cm³/mol. The summed E-state index contributed by atoms with van der Waals surface area (Å²) in [7, 11) is 0. The normalized spacial score (nSPS) is 22.5. The Morgan fingerprint density at radius 3 is 2.53 bits per heavy atom. The molecule has 1 aliphatic heterocycles. The van der Waals surface area contributed by atoms with E-state index >= 15 is 0 Å². The molecule has 2 N–H and O–H groups in total. The molecule has 1 heterocycles. The average molecular weight is 270 g/mol. The Hall–Kier alpha value is -0.770. The third-order valence-electron chi connectivity index (χ3n) is 3.42. The van der Waals surface area contributed by atoms with Crippen molar-refractivity contribution >= 4 is 6.09 Å². The minimum Gasteiger partial charge on any atom is -0.444 e. The molecule has 1 saturated heterocycles. The number of likely N-dealkylation sites (tertiary alicyclic amines) is 1. The van der Waals surface area contributed by atoms with Crippen molar-refractivity contribution in [2.75, 3.05) is 6.54 Å². The standard InChI is InChI=1S/C15H30N2O2/c1-11(2)10-12(16)13-8-6-7-9-17(13)14(18)19-15(3,4)5/h11-13H,6-10,16H2,1-5H3. The Morgan fingerprint density at radius 2 is 2.00 bits per heavy atom. The van der Waals surface area contributed by atoms with Crippen LogP contribution in [0.5, 0.6) is 0 Å². The number of hydrogen-bond acceptors (Lipinski definition) is 3. The third-order valence-corrected chi connectivity index (χ3v) is 3.42. The van der Waals surface area contributed by atoms with Gasteiger partial charge in [-0.2, -0.15) is 0 Å². The fraction of sp³-hybridized carbons (Fsp3) is 0.933. The minimum atomic E-state index is -0.443. The van der Waals surface area contributed by atoms with Crippen LogP contribution in [0.15, 0.2) is 0 Å². The molecule has 19 heavy (non-hydrogen) atoms. The second-order valence-corrected chi connectivity index (χ2v) is 7.03. The highest BCUT2D eigenvalue weighted by atomic mass is 16.6. The molecule has 0 aromatic heterocycles. The van der Waals surface area contributed by atoms with E-state index < -0.39 is 5.60 Å². The Bertz CT molecular complexity index is 297. The smallest absolute Gasteiger partial charge is 0.410 e. The zero-order valence-electron chi connectivity index (χ0n) is 13.1. The first-order valence-electron chi connectivity index (χ1n) is 7.46. The lowest BCUT2D eigenvalue weighted by Crippen LogP contribution is -2.54. The molecule has 1 fully saturated rings. The molecule has 4 nitrogen and oxygen atoms in total. The van der Waals surface area contributed by atoms with Gasteiger partial charge in [-0.05, 0) is 52.4 Å².